The van der Waals surface area contributed by atoms with Gasteiger partial charge >= 0.3 is 0 Å². The molecule has 1 amide bonds. The van der Waals surface area contributed by atoms with Gasteiger partial charge in [-0.2, -0.15) is 0 Å². The van der Waals surface area contributed by atoms with Gasteiger partial charge in [0.25, 0.3) is 0 Å². The Balaban J connectivity index is 2.10. The summed E-state index contributed by atoms with van der Waals surface area (Å²) in [4.78, 5) is 11.7. The fourth-order valence-corrected chi connectivity index (χ4v) is 2.62. The van der Waals surface area contributed by atoms with Crippen LogP contribution in [0.2, 0.25) is 0 Å². The number of amides is 1. The second-order valence-electron chi connectivity index (χ2n) is 4.63. The van der Waals surface area contributed by atoms with Crippen molar-refractivity contribution in [2.75, 3.05) is 5.32 Å². The van der Waals surface area contributed by atoms with Crippen LogP contribution >= 0.6 is 15.9 Å². The predicted molar refractivity (Wildman–Crippen MR) is 69.6 cm³/mol. The summed E-state index contributed by atoms with van der Waals surface area (Å²) in [6.45, 7) is 4.07. The zero-order chi connectivity index (χ0) is 11.7. The second kappa shape index (κ2) is 4.58. The molecule has 0 heterocycles. The van der Waals surface area contributed by atoms with E-state index in [0.717, 1.165) is 15.7 Å². The normalized spacial score (nSPS) is 14.9. The minimum Gasteiger partial charge on any atom is -0.325 e. The number of halogens is 1. The van der Waals surface area contributed by atoms with Crippen molar-refractivity contribution in [3.05, 3.63) is 27.7 Å². The Hall–Kier alpha value is -0.830. The number of carbonyl (C=O) groups is 1. The minimum atomic E-state index is 0.134. The van der Waals surface area contributed by atoms with Crippen LogP contribution in [-0.2, 0) is 4.79 Å². The first-order chi connectivity index (χ1) is 7.56. The largest absolute Gasteiger partial charge is 0.325 e. The van der Waals surface area contributed by atoms with Crippen molar-refractivity contribution in [3.63, 3.8) is 0 Å². The Bertz CT molecular complexity index is 401. The summed E-state index contributed by atoms with van der Waals surface area (Å²) in [5, 5.41) is 2.99. The molecule has 1 saturated carbocycles. The first-order valence-corrected chi connectivity index (χ1v) is 6.42. The number of hydrogen-bond donors (Lipinski definition) is 1. The average Bonchev–Trinajstić information content (AvgIpc) is 2.95. The Morgan fingerprint density at radius 1 is 1.44 bits per heavy atom. The first kappa shape index (κ1) is 11.6. The van der Waals surface area contributed by atoms with Gasteiger partial charge < -0.3 is 5.32 Å². The van der Waals surface area contributed by atoms with Gasteiger partial charge in [-0.15, -0.1) is 0 Å². The zero-order valence-corrected chi connectivity index (χ0v) is 11.2. The molecule has 16 heavy (non-hydrogen) atoms. The lowest BCUT2D eigenvalue weighted by Crippen LogP contribution is -2.13. The van der Waals surface area contributed by atoms with E-state index in [9.17, 15) is 4.79 Å². The molecule has 0 atom stereocenters. The highest BCUT2D eigenvalue weighted by molar-refractivity contribution is 9.10. The van der Waals surface area contributed by atoms with Crippen molar-refractivity contribution in [2.45, 2.75) is 33.1 Å². The van der Waals surface area contributed by atoms with E-state index in [4.69, 9.17) is 0 Å². The molecule has 2 rings (SSSR count). The van der Waals surface area contributed by atoms with Crippen LogP contribution < -0.4 is 5.32 Å². The smallest absolute Gasteiger partial charge is 0.224 e. The standard InChI is InChI=1S/C13H16BrNO/c1-8-5-9(2)13(11(14)6-8)15-12(16)7-10-3-4-10/h5-6,10H,3-4,7H2,1-2H3,(H,15,16). The van der Waals surface area contributed by atoms with E-state index < -0.39 is 0 Å². The van der Waals surface area contributed by atoms with Crippen LogP contribution in [0.5, 0.6) is 0 Å². The maximum Gasteiger partial charge on any atom is 0.224 e. The Kier molecular flexibility index (Phi) is 3.33. The molecule has 1 fully saturated rings. The van der Waals surface area contributed by atoms with E-state index in [-0.39, 0.29) is 5.91 Å². The molecule has 0 saturated heterocycles. The summed E-state index contributed by atoms with van der Waals surface area (Å²) in [7, 11) is 0. The monoisotopic (exact) mass is 281 g/mol. The summed E-state index contributed by atoms with van der Waals surface area (Å²) in [5.41, 5.74) is 3.22. The van der Waals surface area contributed by atoms with Crippen molar-refractivity contribution in [1.82, 2.24) is 0 Å². The van der Waals surface area contributed by atoms with Gasteiger partial charge in [0.05, 0.1) is 5.69 Å². The highest BCUT2D eigenvalue weighted by Crippen LogP contribution is 2.33. The molecule has 0 bridgehead atoms. The van der Waals surface area contributed by atoms with Gasteiger partial charge in [-0.1, -0.05) is 6.07 Å². The quantitative estimate of drug-likeness (QED) is 0.897. The summed E-state index contributed by atoms with van der Waals surface area (Å²) < 4.78 is 0.967. The number of nitrogens with one attached hydrogen (secondary N) is 1. The number of anilines is 1. The Morgan fingerprint density at radius 2 is 2.12 bits per heavy atom. The predicted octanol–water partition coefficient (Wildman–Crippen LogP) is 3.80. The number of aryl methyl sites for hydroxylation is 2. The van der Waals surface area contributed by atoms with Crippen molar-refractivity contribution in [3.8, 4) is 0 Å². The van der Waals surface area contributed by atoms with Gasteiger partial charge in [0, 0.05) is 10.9 Å². The maximum absolute atomic E-state index is 11.7. The molecule has 3 heteroatoms. The molecule has 0 aromatic heterocycles. The number of carbonyl (C=O) groups excluding carboxylic acids is 1. The van der Waals surface area contributed by atoms with Gasteiger partial charge in [0.15, 0.2) is 0 Å². The Morgan fingerprint density at radius 3 is 2.69 bits per heavy atom. The molecule has 0 unspecified atom stereocenters. The fraction of sp³-hybridized carbons (Fsp3) is 0.462. The highest BCUT2D eigenvalue weighted by atomic mass is 79.9. The Labute approximate surface area is 105 Å². The third kappa shape index (κ3) is 2.85. The van der Waals surface area contributed by atoms with E-state index in [2.05, 4.69) is 27.3 Å². The molecule has 0 aliphatic heterocycles. The van der Waals surface area contributed by atoms with Gasteiger partial charge in [0.1, 0.15) is 0 Å². The molecule has 1 aliphatic rings. The molecule has 2 nitrogen and oxygen atoms in total. The summed E-state index contributed by atoms with van der Waals surface area (Å²) in [6, 6.07) is 4.11. The number of hydrogen-bond acceptors (Lipinski definition) is 1. The summed E-state index contributed by atoms with van der Waals surface area (Å²) in [6.07, 6.45) is 3.09. The fourth-order valence-electron chi connectivity index (χ4n) is 1.85. The number of benzene rings is 1. The molecule has 1 aliphatic carbocycles. The molecule has 0 spiro atoms. The van der Waals surface area contributed by atoms with Crippen LogP contribution in [0.15, 0.2) is 16.6 Å². The van der Waals surface area contributed by atoms with Crippen LogP contribution in [0.4, 0.5) is 5.69 Å². The van der Waals surface area contributed by atoms with Crippen molar-refractivity contribution >= 4 is 27.5 Å². The average molecular weight is 282 g/mol. The summed E-state index contributed by atoms with van der Waals surface area (Å²) in [5.74, 6) is 0.764. The lowest BCUT2D eigenvalue weighted by Gasteiger charge is -2.11. The van der Waals surface area contributed by atoms with E-state index in [0.29, 0.717) is 12.3 Å². The van der Waals surface area contributed by atoms with E-state index >= 15 is 0 Å². The lowest BCUT2D eigenvalue weighted by molar-refractivity contribution is -0.116. The van der Waals surface area contributed by atoms with Gasteiger partial charge in [-0.25, -0.2) is 0 Å². The molecule has 1 aromatic rings. The van der Waals surface area contributed by atoms with E-state index in [1.54, 1.807) is 0 Å². The zero-order valence-electron chi connectivity index (χ0n) is 9.64. The van der Waals surface area contributed by atoms with Crippen LogP contribution in [0, 0.1) is 19.8 Å². The topological polar surface area (TPSA) is 29.1 Å². The van der Waals surface area contributed by atoms with Gasteiger partial charge in [-0.3, -0.25) is 4.79 Å². The molecule has 1 aromatic carbocycles. The molecule has 86 valence electrons. The van der Waals surface area contributed by atoms with Crippen molar-refractivity contribution in [1.29, 1.82) is 0 Å². The van der Waals surface area contributed by atoms with Crippen molar-refractivity contribution < 1.29 is 4.79 Å². The molecular formula is C13H16BrNO. The third-order valence-electron chi connectivity index (χ3n) is 2.87. The van der Waals surface area contributed by atoms with E-state index in [1.807, 2.05) is 19.9 Å². The SMILES string of the molecule is Cc1cc(C)c(NC(=O)CC2CC2)c(Br)c1. The van der Waals surface area contributed by atoms with Crippen molar-refractivity contribution in [2.24, 2.45) is 5.92 Å². The van der Waals surface area contributed by atoms with E-state index in [1.165, 1.54) is 18.4 Å². The number of rotatable bonds is 3. The van der Waals surface area contributed by atoms with Crippen LogP contribution in [-0.4, -0.2) is 5.91 Å². The lowest BCUT2D eigenvalue weighted by atomic mass is 10.1. The molecule has 1 N–H and O–H groups in total. The second-order valence-corrected chi connectivity index (χ2v) is 5.49. The maximum atomic E-state index is 11.7. The van der Waals surface area contributed by atoms with Gasteiger partial charge in [0.2, 0.25) is 5.91 Å². The third-order valence-corrected chi connectivity index (χ3v) is 3.49. The molecule has 0 radical (unpaired) electrons. The van der Waals surface area contributed by atoms with Crippen LogP contribution in [0.3, 0.4) is 0 Å². The summed E-state index contributed by atoms with van der Waals surface area (Å²) >= 11 is 3.49. The highest BCUT2D eigenvalue weighted by Gasteiger charge is 2.24. The van der Waals surface area contributed by atoms with Gasteiger partial charge in [-0.05, 0) is 65.7 Å². The molecular weight excluding hydrogens is 266 g/mol. The first-order valence-electron chi connectivity index (χ1n) is 5.63. The minimum absolute atomic E-state index is 0.134. The van der Waals surface area contributed by atoms with Crippen LogP contribution in [0.25, 0.3) is 0 Å². The van der Waals surface area contributed by atoms with Crippen LogP contribution in [0.1, 0.15) is 30.4 Å².